The minimum Gasteiger partial charge on any atom is -0.461 e. The fraction of sp³-hybridized carbons (Fsp3) is 0.176. The van der Waals surface area contributed by atoms with Crippen molar-refractivity contribution in [2.45, 2.75) is 40.0 Å². The first kappa shape index (κ1) is 26.0. The average molecular weight is 519 g/mol. The number of fused-ring (bicyclic) bond motifs is 3. The van der Waals surface area contributed by atoms with Gasteiger partial charge in [0.15, 0.2) is 0 Å². The molecule has 0 unspecified atom stereocenters. The highest BCUT2D eigenvalue weighted by Gasteiger charge is 2.28. The molecule has 5 rings (SSSR count). The average Bonchev–Trinajstić information content (AvgIpc) is 2.94. The number of allylic oxidation sites excluding steroid dienone is 2. The van der Waals surface area contributed by atoms with E-state index in [-0.39, 0.29) is 5.57 Å². The van der Waals surface area contributed by atoms with E-state index in [0.29, 0.717) is 40.7 Å². The van der Waals surface area contributed by atoms with Gasteiger partial charge in [-0.25, -0.2) is 9.59 Å². The smallest absolute Gasteiger partial charge is 0.338 e. The van der Waals surface area contributed by atoms with E-state index in [1.807, 2.05) is 42.5 Å². The zero-order valence-corrected chi connectivity index (χ0v) is 22.4. The molecule has 4 aromatic rings. The van der Waals surface area contributed by atoms with Crippen molar-refractivity contribution >= 4 is 33.5 Å². The van der Waals surface area contributed by atoms with Gasteiger partial charge in [-0.1, -0.05) is 80.7 Å². The van der Waals surface area contributed by atoms with E-state index >= 15 is 0 Å². The Labute approximate surface area is 228 Å². The Balaban J connectivity index is 1.66. The SMILES string of the molecule is C=C(C)C(=O)Oc1c2c(c(OC(=O)C(=C)C)c3ccccc13)CC(Oc1c(CC)ccc3ccccc13)=CC2. The monoisotopic (exact) mass is 518 g/mol. The summed E-state index contributed by atoms with van der Waals surface area (Å²) < 4.78 is 18.4. The van der Waals surface area contributed by atoms with Crippen molar-refractivity contribution in [1.29, 1.82) is 0 Å². The summed E-state index contributed by atoms with van der Waals surface area (Å²) in [5.74, 6) is 1.39. The van der Waals surface area contributed by atoms with Crippen LogP contribution in [0.25, 0.3) is 21.5 Å². The minimum atomic E-state index is -0.520. The summed E-state index contributed by atoms with van der Waals surface area (Å²) in [6.07, 6.45) is 3.60. The number of rotatable bonds is 7. The molecular formula is C34H30O5. The van der Waals surface area contributed by atoms with Crippen molar-refractivity contribution in [2.75, 3.05) is 0 Å². The second-order valence-electron chi connectivity index (χ2n) is 9.78. The second kappa shape index (κ2) is 10.6. The maximum atomic E-state index is 12.7. The lowest BCUT2D eigenvalue weighted by Crippen LogP contribution is -2.17. The first-order valence-corrected chi connectivity index (χ1v) is 13.0. The van der Waals surface area contributed by atoms with Gasteiger partial charge in [0.05, 0.1) is 0 Å². The molecule has 1 aliphatic rings. The van der Waals surface area contributed by atoms with Gasteiger partial charge in [0.2, 0.25) is 0 Å². The molecule has 0 aromatic heterocycles. The summed E-state index contributed by atoms with van der Waals surface area (Å²) in [5.41, 5.74) is 3.20. The highest BCUT2D eigenvalue weighted by atomic mass is 16.5. The van der Waals surface area contributed by atoms with Crippen molar-refractivity contribution in [1.82, 2.24) is 0 Å². The Morgan fingerprint density at radius 2 is 1.31 bits per heavy atom. The predicted molar refractivity (Wildman–Crippen MR) is 154 cm³/mol. The summed E-state index contributed by atoms with van der Waals surface area (Å²) in [6.45, 7) is 12.8. The lowest BCUT2D eigenvalue weighted by molar-refractivity contribution is -0.131. The van der Waals surface area contributed by atoms with E-state index in [2.05, 4.69) is 44.3 Å². The molecule has 1 aliphatic carbocycles. The van der Waals surface area contributed by atoms with Crippen LogP contribution >= 0.6 is 0 Å². The van der Waals surface area contributed by atoms with Gasteiger partial charge in [0, 0.05) is 44.9 Å². The third-order valence-electron chi connectivity index (χ3n) is 6.88. The second-order valence-corrected chi connectivity index (χ2v) is 9.78. The molecular weight excluding hydrogens is 488 g/mol. The largest absolute Gasteiger partial charge is 0.461 e. The molecule has 0 fully saturated rings. The minimum absolute atomic E-state index is 0.289. The van der Waals surface area contributed by atoms with E-state index in [0.717, 1.165) is 45.4 Å². The Kier molecular flexibility index (Phi) is 7.07. The van der Waals surface area contributed by atoms with Crippen LogP contribution in [0.15, 0.2) is 96.8 Å². The summed E-state index contributed by atoms with van der Waals surface area (Å²) in [5, 5.41) is 3.47. The van der Waals surface area contributed by atoms with Gasteiger partial charge >= 0.3 is 11.9 Å². The number of esters is 2. The van der Waals surface area contributed by atoms with Gasteiger partial charge in [-0.2, -0.15) is 0 Å². The summed E-state index contributed by atoms with van der Waals surface area (Å²) in [7, 11) is 0. The zero-order chi connectivity index (χ0) is 27.7. The van der Waals surface area contributed by atoms with Gasteiger partial charge in [0.25, 0.3) is 0 Å². The number of hydrogen-bond acceptors (Lipinski definition) is 5. The highest BCUT2D eigenvalue weighted by molar-refractivity contribution is 6.01. The molecule has 0 atom stereocenters. The first-order chi connectivity index (χ1) is 18.8. The number of ether oxygens (including phenoxy) is 3. The molecule has 5 nitrogen and oxygen atoms in total. The normalized spacial score (nSPS) is 12.4. The Hall–Kier alpha value is -4.64. The summed E-state index contributed by atoms with van der Waals surface area (Å²) >= 11 is 0. The highest BCUT2D eigenvalue weighted by Crippen LogP contribution is 2.45. The quantitative estimate of drug-likeness (QED) is 0.143. The molecule has 0 saturated carbocycles. The standard InChI is InChI=1S/C34H30O5/c1-6-22-15-16-23-11-7-8-12-25(23)30(22)37-24-17-18-28-29(19-24)32(39-34(36)21(4)5)27-14-10-9-13-26(27)31(28)38-33(35)20(2)3/h7-17H,2,4,6,18-19H2,1,3,5H3. The Morgan fingerprint density at radius 1 is 0.744 bits per heavy atom. The predicted octanol–water partition coefficient (Wildman–Crippen LogP) is 7.58. The molecule has 0 amide bonds. The fourth-order valence-electron chi connectivity index (χ4n) is 4.83. The molecule has 5 heteroatoms. The van der Waals surface area contributed by atoms with Crippen LogP contribution in [0.1, 0.15) is 37.5 Å². The van der Waals surface area contributed by atoms with Crippen molar-refractivity contribution in [3.05, 3.63) is 113 Å². The van der Waals surface area contributed by atoms with Crippen molar-refractivity contribution in [3.8, 4) is 17.2 Å². The molecule has 0 saturated heterocycles. The van der Waals surface area contributed by atoms with Gasteiger partial charge < -0.3 is 14.2 Å². The summed E-state index contributed by atoms with van der Waals surface area (Å²) in [4.78, 5) is 25.4. The third kappa shape index (κ3) is 4.96. The van der Waals surface area contributed by atoms with Crippen molar-refractivity contribution in [3.63, 3.8) is 0 Å². The lowest BCUT2D eigenvalue weighted by atomic mass is 9.89. The molecule has 4 aromatic carbocycles. The van der Waals surface area contributed by atoms with E-state index in [1.54, 1.807) is 13.8 Å². The van der Waals surface area contributed by atoms with E-state index in [9.17, 15) is 9.59 Å². The van der Waals surface area contributed by atoms with Crippen molar-refractivity contribution < 1.29 is 23.8 Å². The molecule has 0 aliphatic heterocycles. The van der Waals surface area contributed by atoms with Crippen LogP contribution in [0.2, 0.25) is 0 Å². The van der Waals surface area contributed by atoms with Crippen LogP contribution in [-0.4, -0.2) is 11.9 Å². The molecule has 39 heavy (non-hydrogen) atoms. The zero-order valence-electron chi connectivity index (χ0n) is 22.4. The van der Waals surface area contributed by atoms with Crippen LogP contribution in [0.4, 0.5) is 0 Å². The molecule has 0 spiro atoms. The van der Waals surface area contributed by atoms with Gasteiger partial charge in [-0.15, -0.1) is 0 Å². The van der Waals surface area contributed by atoms with Gasteiger partial charge in [-0.3, -0.25) is 0 Å². The Bertz CT molecular complexity index is 1710. The van der Waals surface area contributed by atoms with E-state index in [1.165, 1.54) is 0 Å². The first-order valence-electron chi connectivity index (χ1n) is 13.0. The van der Waals surface area contributed by atoms with E-state index < -0.39 is 11.9 Å². The molecule has 196 valence electrons. The van der Waals surface area contributed by atoms with Crippen LogP contribution in [0.5, 0.6) is 17.2 Å². The molecule has 0 N–H and O–H groups in total. The van der Waals surface area contributed by atoms with Crippen molar-refractivity contribution in [2.24, 2.45) is 0 Å². The fourth-order valence-corrected chi connectivity index (χ4v) is 4.83. The number of benzene rings is 4. The lowest BCUT2D eigenvalue weighted by Gasteiger charge is -2.25. The summed E-state index contributed by atoms with van der Waals surface area (Å²) in [6, 6.07) is 19.8. The van der Waals surface area contributed by atoms with Crippen LogP contribution in [0, 0.1) is 0 Å². The number of carbonyl (C=O) groups is 2. The molecule has 0 heterocycles. The van der Waals surface area contributed by atoms with Crippen LogP contribution in [0.3, 0.4) is 0 Å². The van der Waals surface area contributed by atoms with E-state index in [4.69, 9.17) is 14.2 Å². The third-order valence-corrected chi connectivity index (χ3v) is 6.88. The topological polar surface area (TPSA) is 61.8 Å². The molecule has 0 bridgehead atoms. The van der Waals surface area contributed by atoms with Gasteiger partial charge in [0.1, 0.15) is 23.0 Å². The van der Waals surface area contributed by atoms with Crippen LogP contribution in [-0.2, 0) is 28.9 Å². The van der Waals surface area contributed by atoms with Crippen LogP contribution < -0.4 is 14.2 Å². The Morgan fingerprint density at radius 3 is 1.90 bits per heavy atom. The number of hydrogen-bond donors (Lipinski definition) is 0. The van der Waals surface area contributed by atoms with Gasteiger partial charge in [-0.05, 0) is 43.7 Å². The maximum absolute atomic E-state index is 12.7. The number of aryl methyl sites for hydroxylation is 1. The maximum Gasteiger partial charge on any atom is 0.338 e. The number of carbonyl (C=O) groups excluding carboxylic acids is 2. The molecule has 0 radical (unpaired) electrons.